The molecule has 6 heteroatoms. The molecule has 0 aliphatic rings. The zero-order valence-corrected chi connectivity index (χ0v) is 11.7. The van der Waals surface area contributed by atoms with Gasteiger partial charge in [0.05, 0.1) is 11.1 Å². The molecule has 6 nitrogen and oxygen atoms in total. The number of hydrogen-bond donors (Lipinski definition) is 4. The minimum Gasteiger partial charge on any atom is -0.478 e. The van der Waals surface area contributed by atoms with Gasteiger partial charge in [-0.3, -0.25) is 0 Å². The molecule has 114 valence electrons. The van der Waals surface area contributed by atoms with E-state index in [1.165, 1.54) is 0 Å². The zero-order chi connectivity index (χ0) is 15.9. The quantitative estimate of drug-likeness (QED) is 0.587. The lowest BCUT2D eigenvalue weighted by Crippen LogP contribution is -2.13. The number of rotatable bonds is 7. The minimum absolute atomic E-state index is 0.252. The van der Waals surface area contributed by atoms with E-state index in [0.717, 1.165) is 11.4 Å². The van der Waals surface area contributed by atoms with Crippen LogP contribution < -0.4 is 10.6 Å². The first-order chi connectivity index (χ1) is 10.6. The van der Waals surface area contributed by atoms with Gasteiger partial charge in [0.15, 0.2) is 0 Å². The lowest BCUT2D eigenvalue weighted by Gasteiger charge is -2.09. The zero-order valence-electron chi connectivity index (χ0n) is 11.7. The average molecular weight is 300 g/mol. The summed E-state index contributed by atoms with van der Waals surface area (Å²) in [5.41, 5.74) is 2.19. The third-order valence-electron chi connectivity index (χ3n) is 3.05. The Balaban J connectivity index is 1.77. The topological polar surface area (TPSA) is 98.7 Å². The maximum absolute atomic E-state index is 10.7. The van der Waals surface area contributed by atoms with Gasteiger partial charge in [0, 0.05) is 24.5 Å². The van der Waals surface area contributed by atoms with Crippen LogP contribution in [0.15, 0.2) is 48.5 Å². The minimum atomic E-state index is -0.946. The van der Waals surface area contributed by atoms with E-state index >= 15 is 0 Å². The highest BCUT2D eigenvalue weighted by atomic mass is 16.4. The van der Waals surface area contributed by atoms with Crippen LogP contribution in [-0.4, -0.2) is 35.2 Å². The van der Waals surface area contributed by atoms with Crippen molar-refractivity contribution in [2.75, 3.05) is 23.7 Å². The lowest BCUT2D eigenvalue weighted by atomic mass is 10.2. The fourth-order valence-electron chi connectivity index (χ4n) is 1.87. The van der Waals surface area contributed by atoms with Crippen molar-refractivity contribution < 1.29 is 19.8 Å². The largest absolute Gasteiger partial charge is 0.478 e. The summed E-state index contributed by atoms with van der Waals surface area (Å²) in [7, 11) is 0. The number of carbonyl (C=O) groups is 2. The summed E-state index contributed by atoms with van der Waals surface area (Å²) >= 11 is 0. The molecule has 0 amide bonds. The molecule has 2 aromatic rings. The fourth-order valence-corrected chi connectivity index (χ4v) is 1.87. The molecule has 0 saturated carbocycles. The Morgan fingerprint density at radius 1 is 0.682 bits per heavy atom. The van der Waals surface area contributed by atoms with E-state index in [1.54, 1.807) is 48.5 Å². The first-order valence-corrected chi connectivity index (χ1v) is 6.71. The Morgan fingerprint density at radius 2 is 1.00 bits per heavy atom. The number of benzene rings is 2. The summed E-state index contributed by atoms with van der Waals surface area (Å²) in [6, 6.07) is 13.0. The van der Waals surface area contributed by atoms with E-state index in [0.29, 0.717) is 13.1 Å². The number of carboxylic acids is 2. The van der Waals surface area contributed by atoms with Crippen LogP contribution >= 0.6 is 0 Å². The van der Waals surface area contributed by atoms with Crippen molar-refractivity contribution in [1.29, 1.82) is 0 Å². The maximum atomic E-state index is 10.7. The highest BCUT2D eigenvalue weighted by molar-refractivity contribution is 5.88. The molecule has 22 heavy (non-hydrogen) atoms. The molecule has 0 aliphatic heterocycles. The Labute approximate surface area is 127 Å². The van der Waals surface area contributed by atoms with Crippen molar-refractivity contribution in [3.8, 4) is 0 Å². The first-order valence-electron chi connectivity index (χ1n) is 6.71. The van der Waals surface area contributed by atoms with Gasteiger partial charge >= 0.3 is 11.9 Å². The van der Waals surface area contributed by atoms with Crippen LogP contribution in [0, 0.1) is 0 Å². The maximum Gasteiger partial charge on any atom is 0.335 e. The molecule has 0 aliphatic carbocycles. The van der Waals surface area contributed by atoms with Crippen LogP contribution in [0.4, 0.5) is 11.4 Å². The predicted octanol–water partition coefficient (Wildman–Crippen LogP) is 2.61. The summed E-state index contributed by atoms with van der Waals surface area (Å²) in [5, 5.41) is 23.9. The molecule has 0 aromatic heterocycles. The summed E-state index contributed by atoms with van der Waals surface area (Å²) < 4.78 is 0. The lowest BCUT2D eigenvalue weighted by molar-refractivity contribution is 0.0686. The third kappa shape index (κ3) is 4.24. The van der Waals surface area contributed by atoms with Crippen LogP contribution in [-0.2, 0) is 0 Å². The molecule has 2 rings (SSSR count). The number of hydrogen-bond acceptors (Lipinski definition) is 4. The Bertz CT molecular complexity index is 591. The molecule has 0 radical (unpaired) electrons. The molecule has 0 fully saturated rings. The normalized spacial score (nSPS) is 10.0. The van der Waals surface area contributed by atoms with E-state index in [4.69, 9.17) is 10.2 Å². The average Bonchev–Trinajstić information content (AvgIpc) is 2.52. The van der Waals surface area contributed by atoms with Crippen molar-refractivity contribution in [2.24, 2.45) is 0 Å². The monoisotopic (exact) mass is 300 g/mol. The van der Waals surface area contributed by atoms with E-state index in [2.05, 4.69) is 10.6 Å². The van der Waals surface area contributed by atoms with Gasteiger partial charge in [-0.05, 0) is 48.5 Å². The second kappa shape index (κ2) is 7.12. The van der Waals surface area contributed by atoms with E-state index in [-0.39, 0.29) is 11.1 Å². The van der Waals surface area contributed by atoms with Gasteiger partial charge in [-0.2, -0.15) is 0 Å². The molecule has 0 heterocycles. The van der Waals surface area contributed by atoms with Crippen LogP contribution in [0.3, 0.4) is 0 Å². The molecule has 0 bridgehead atoms. The molecule has 4 N–H and O–H groups in total. The smallest absolute Gasteiger partial charge is 0.335 e. The number of anilines is 2. The Kier molecular flexibility index (Phi) is 4.98. The molecular formula is C16H16N2O4. The molecular weight excluding hydrogens is 284 g/mol. The molecule has 0 saturated heterocycles. The SMILES string of the molecule is O=C(O)c1ccc(NCCNc2ccc(C(=O)O)cc2)cc1. The van der Waals surface area contributed by atoms with Gasteiger partial charge in [0.2, 0.25) is 0 Å². The van der Waals surface area contributed by atoms with Crippen molar-refractivity contribution in [3.05, 3.63) is 59.7 Å². The summed E-state index contributed by atoms with van der Waals surface area (Å²) in [6.45, 7) is 1.29. The predicted molar refractivity (Wildman–Crippen MR) is 83.8 cm³/mol. The standard InChI is InChI=1S/C16H16N2O4/c19-15(20)11-1-5-13(6-2-11)17-9-10-18-14-7-3-12(4-8-14)16(21)22/h1-8,17-18H,9-10H2,(H,19,20)(H,21,22). The molecule has 0 unspecified atom stereocenters. The van der Waals surface area contributed by atoms with Crippen LogP contribution in [0.25, 0.3) is 0 Å². The Hall–Kier alpha value is -3.02. The van der Waals surface area contributed by atoms with Crippen molar-refractivity contribution in [3.63, 3.8) is 0 Å². The molecule has 0 atom stereocenters. The molecule has 2 aromatic carbocycles. The third-order valence-corrected chi connectivity index (χ3v) is 3.05. The van der Waals surface area contributed by atoms with Gasteiger partial charge in [0.25, 0.3) is 0 Å². The van der Waals surface area contributed by atoms with Crippen molar-refractivity contribution >= 4 is 23.3 Å². The highest BCUT2D eigenvalue weighted by Crippen LogP contribution is 2.10. The second-order valence-electron chi connectivity index (χ2n) is 4.62. The van der Waals surface area contributed by atoms with Gasteiger partial charge in [0.1, 0.15) is 0 Å². The highest BCUT2D eigenvalue weighted by Gasteiger charge is 2.02. The van der Waals surface area contributed by atoms with Gasteiger partial charge < -0.3 is 20.8 Å². The summed E-state index contributed by atoms with van der Waals surface area (Å²) in [5.74, 6) is -1.89. The Morgan fingerprint density at radius 3 is 1.27 bits per heavy atom. The van der Waals surface area contributed by atoms with Crippen LogP contribution in [0.2, 0.25) is 0 Å². The van der Waals surface area contributed by atoms with E-state index in [1.807, 2.05) is 0 Å². The summed E-state index contributed by atoms with van der Waals surface area (Å²) in [6.07, 6.45) is 0. The van der Waals surface area contributed by atoms with Crippen LogP contribution in [0.5, 0.6) is 0 Å². The second-order valence-corrected chi connectivity index (χ2v) is 4.62. The van der Waals surface area contributed by atoms with E-state index in [9.17, 15) is 9.59 Å². The van der Waals surface area contributed by atoms with Gasteiger partial charge in [-0.1, -0.05) is 0 Å². The van der Waals surface area contributed by atoms with E-state index < -0.39 is 11.9 Å². The van der Waals surface area contributed by atoms with Crippen molar-refractivity contribution in [1.82, 2.24) is 0 Å². The van der Waals surface area contributed by atoms with Crippen molar-refractivity contribution in [2.45, 2.75) is 0 Å². The van der Waals surface area contributed by atoms with Gasteiger partial charge in [-0.25, -0.2) is 9.59 Å². The first kappa shape index (κ1) is 15.4. The number of aromatic carboxylic acids is 2. The number of nitrogens with one attached hydrogen (secondary N) is 2. The number of carboxylic acid groups (broad SMARTS) is 2. The van der Waals surface area contributed by atoms with Gasteiger partial charge in [-0.15, -0.1) is 0 Å². The molecule has 0 spiro atoms. The fraction of sp³-hybridized carbons (Fsp3) is 0.125. The summed E-state index contributed by atoms with van der Waals surface area (Å²) in [4.78, 5) is 21.5. The van der Waals surface area contributed by atoms with Crippen LogP contribution in [0.1, 0.15) is 20.7 Å².